The summed E-state index contributed by atoms with van der Waals surface area (Å²) >= 11 is 3.28. The lowest BCUT2D eigenvalue weighted by Gasteiger charge is -1.95. The zero-order valence-electron chi connectivity index (χ0n) is 7.30. The standard InChI is InChI=1S/C8H11F2NS2/c1-6-5-13-8(11-6)12-4-2-3-7(9)10/h3,6H,2,4-5H2,1H3/t6-/m0/s1. The fourth-order valence-corrected chi connectivity index (χ4v) is 3.00. The molecule has 1 heterocycles. The molecule has 0 spiro atoms. The SMILES string of the molecule is C[C@H]1CSC(SCCC=C(F)F)=N1. The Morgan fingerprint density at radius 2 is 2.54 bits per heavy atom. The first-order chi connectivity index (χ1) is 6.18. The van der Waals surface area contributed by atoms with E-state index in [0.29, 0.717) is 18.2 Å². The minimum Gasteiger partial charge on any atom is -0.268 e. The van der Waals surface area contributed by atoms with Crippen molar-refractivity contribution in [3.05, 3.63) is 12.2 Å². The largest absolute Gasteiger partial charge is 0.268 e. The maximum atomic E-state index is 11.6. The van der Waals surface area contributed by atoms with Crippen LogP contribution < -0.4 is 0 Å². The molecule has 0 aliphatic carbocycles. The number of hydrogen-bond donors (Lipinski definition) is 0. The van der Waals surface area contributed by atoms with Gasteiger partial charge in [-0.1, -0.05) is 23.5 Å². The van der Waals surface area contributed by atoms with Crippen LogP contribution in [0.4, 0.5) is 8.78 Å². The van der Waals surface area contributed by atoms with Crippen molar-refractivity contribution in [2.75, 3.05) is 11.5 Å². The Kier molecular flexibility index (Phi) is 4.80. The predicted octanol–water partition coefficient (Wildman–Crippen LogP) is 3.38. The smallest absolute Gasteiger partial charge is 0.266 e. The van der Waals surface area contributed by atoms with Gasteiger partial charge in [-0.25, -0.2) is 0 Å². The Morgan fingerprint density at radius 1 is 1.77 bits per heavy atom. The zero-order chi connectivity index (χ0) is 9.68. The fraction of sp³-hybridized carbons (Fsp3) is 0.625. The van der Waals surface area contributed by atoms with E-state index >= 15 is 0 Å². The summed E-state index contributed by atoms with van der Waals surface area (Å²) in [5.74, 6) is 1.71. The number of thioether (sulfide) groups is 2. The highest BCUT2D eigenvalue weighted by molar-refractivity contribution is 8.39. The Bertz CT molecular complexity index is 224. The highest BCUT2D eigenvalue weighted by Gasteiger charge is 2.13. The lowest BCUT2D eigenvalue weighted by Crippen LogP contribution is -1.92. The van der Waals surface area contributed by atoms with E-state index in [2.05, 4.69) is 11.9 Å². The lowest BCUT2D eigenvalue weighted by molar-refractivity contribution is 0.418. The van der Waals surface area contributed by atoms with Crippen molar-refractivity contribution in [1.82, 2.24) is 0 Å². The maximum absolute atomic E-state index is 11.6. The summed E-state index contributed by atoms with van der Waals surface area (Å²) in [7, 11) is 0. The summed E-state index contributed by atoms with van der Waals surface area (Å²) in [6, 6.07) is 0.390. The van der Waals surface area contributed by atoms with Crippen molar-refractivity contribution < 1.29 is 8.78 Å². The summed E-state index contributed by atoms with van der Waals surface area (Å²) in [5.41, 5.74) is 0. The van der Waals surface area contributed by atoms with E-state index in [-0.39, 0.29) is 0 Å². The molecule has 1 nitrogen and oxygen atoms in total. The Labute approximate surface area is 85.1 Å². The van der Waals surface area contributed by atoms with E-state index < -0.39 is 6.08 Å². The lowest BCUT2D eigenvalue weighted by atomic mass is 10.4. The third-order valence-corrected chi connectivity index (χ3v) is 3.92. The maximum Gasteiger partial charge on any atom is 0.266 e. The first-order valence-corrected chi connectivity index (χ1v) is 6.00. The van der Waals surface area contributed by atoms with E-state index in [4.69, 9.17) is 0 Å². The molecule has 74 valence electrons. The number of allylic oxidation sites excluding steroid dienone is 1. The van der Waals surface area contributed by atoms with Crippen molar-refractivity contribution in [3.63, 3.8) is 0 Å². The van der Waals surface area contributed by atoms with Gasteiger partial charge in [-0.05, 0) is 19.4 Å². The second kappa shape index (κ2) is 5.65. The summed E-state index contributed by atoms with van der Waals surface area (Å²) < 4.78 is 24.3. The van der Waals surface area contributed by atoms with Gasteiger partial charge >= 0.3 is 0 Å². The fourth-order valence-electron chi connectivity index (χ4n) is 0.840. The van der Waals surface area contributed by atoms with E-state index in [9.17, 15) is 8.78 Å². The number of halogens is 2. The van der Waals surface area contributed by atoms with Crippen LogP contribution in [0.1, 0.15) is 13.3 Å². The average Bonchev–Trinajstić information content (AvgIpc) is 2.45. The summed E-state index contributed by atoms with van der Waals surface area (Å²) in [5, 5.41) is 0. The van der Waals surface area contributed by atoms with Crippen molar-refractivity contribution in [3.8, 4) is 0 Å². The third kappa shape index (κ3) is 4.67. The normalized spacial score (nSPS) is 21.5. The van der Waals surface area contributed by atoms with Gasteiger partial charge < -0.3 is 0 Å². The molecule has 0 saturated carbocycles. The minimum atomic E-state index is -1.59. The molecule has 1 aliphatic rings. The number of aliphatic imine (C=N–C) groups is 1. The molecule has 1 atom stereocenters. The van der Waals surface area contributed by atoms with Gasteiger partial charge in [0.25, 0.3) is 6.08 Å². The molecule has 0 aromatic heterocycles. The van der Waals surface area contributed by atoms with Gasteiger partial charge in [0, 0.05) is 11.5 Å². The first kappa shape index (κ1) is 11.0. The van der Waals surface area contributed by atoms with Gasteiger partial charge in [-0.15, -0.1) is 0 Å². The van der Waals surface area contributed by atoms with E-state index in [1.54, 1.807) is 23.5 Å². The molecule has 1 rings (SSSR count). The molecule has 0 N–H and O–H groups in total. The molecule has 1 aliphatic heterocycles. The summed E-state index contributed by atoms with van der Waals surface area (Å²) in [4.78, 5) is 4.34. The van der Waals surface area contributed by atoms with Crippen LogP contribution in [-0.4, -0.2) is 21.9 Å². The van der Waals surface area contributed by atoms with Gasteiger partial charge in [0.2, 0.25) is 0 Å². The van der Waals surface area contributed by atoms with Gasteiger partial charge in [0.05, 0.1) is 6.04 Å². The minimum absolute atomic E-state index is 0.390. The highest BCUT2D eigenvalue weighted by atomic mass is 32.2. The monoisotopic (exact) mass is 223 g/mol. The van der Waals surface area contributed by atoms with Crippen LogP contribution in [0.15, 0.2) is 17.1 Å². The Hall–Kier alpha value is -0.0300. The third-order valence-electron chi connectivity index (χ3n) is 1.42. The first-order valence-electron chi connectivity index (χ1n) is 4.03. The van der Waals surface area contributed by atoms with Crippen LogP contribution in [0.2, 0.25) is 0 Å². The van der Waals surface area contributed by atoms with Crippen LogP contribution in [0.5, 0.6) is 0 Å². The van der Waals surface area contributed by atoms with Crippen LogP contribution in [-0.2, 0) is 0 Å². The van der Waals surface area contributed by atoms with Crippen LogP contribution in [0.25, 0.3) is 0 Å². The van der Waals surface area contributed by atoms with Crippen molar-refractivity contribution in [2.45, 2.75) is 19.4 Å². The predicted molar refractivity (Wildman–Crippen MR) is 56.7 cm³/mol. The molecule has 5 heteroatoms. The molecule has 13 heavy (non-hydrogen) atoms. The van der Waals surface area contributed by atoms with Crippen molar-refractivity contribution in [1.29, 1.82) is 0 Å². The molecule has 0 aromatic rings. The van der Waals surface area contributed by atoms with E-state index in [1.807, 2.05) is 0 Å². The van der Waals surface area contributed by atoms with Crippen molar-refractivity contribution in [2.24, 2.45) is 4.99 Å². The topological polar surface area (TPSA) is 12.4 Å². The number of nitrogens with zero attached hydrogens (tertiary/aromatic N) is 1. The molecule has 0 radical (unpaired) electrons. The molecule has 0 amide bonds. The van der Waals surface area contributed by atoms with Gasteiger partial charge in [0.15, 0.2) is 0 Å². The summed E-state index contributed by atoms with van der Waals surface area (Å²) in [6.45, 7) is 2.06. The van der Waals surface area contributed by atoms with E-state index in [1.165, 1.54) is 0 Å². The quantitative estimate of drug-likeness (QED) is 0.680. The average molecular weight is 223 g/mol. The molecular weight excluding hydrogens is 212 g/mol. The summed E-state index contributed by atoms with van der Waals surface area (Å²) in [6.07, 6.45) is -0.215. The molecular formula is C8H11F2NS2. The van der Waals surface area contributed by atoms with Crippen LogP contribution in [0.3, 0.4) is 0 Å². The molecule has 0 aromatic carbocycles. The molecule has 0 unspecified atom stereocenters. The van der Waals surface area contributed by atoms with Crippen molar-refractivity contribution >= 4 is 27.9 Å². The van der Waals surface area contributed by atoms with E-state index in [0.717, 1.165) is 16.2 Å². The Balaban J connectivity index is 2.13. The van der Waals surface area contributed by atoms with Crippen LogP contribution >= 0.6 is 23.5 Å². The second-order valence-corrected chi connectivity index (χ2v) is 5.04. The Morgan fingerprint density at radius 3 is 3.08 bits per heavy atom. The van der Waals surface area contributed by atoms with Gasteiger partial charge in [-0.2, -0.15) is 8.78 Å². The number of rotatable bonds is 3. The number of hydrogen-bond acceptors (Lipinski definition) is 3. The van der Waals surface area contributed by atoms with Gasteiger partial charge in [-0.3, -0.25) is 4.99 Å². The molecule has 0 saturated heterocycles. The molecule has 0 bridgehead atoms. The van der Waals surface area contributed by atoms with Gasteiger partial charge in [0.1, 0.15) is 4.38 Å². The highest BCUT2D eigenvalue weighted by Crippen LogP contribution is 2.26. The van der Waals surface area contributed by atoms with Crippen LogP contribution in [0, 0.1) is 0 Å². The zero-order valence-corrected chi connectivity index (χ0v) is 8.93. The molecule has 0 fully saturated rings. The second-order valence-electron chi connectivity index (χ2n) is 2.69.